The van der Waals surface area contributed by atoms with Crippen molar-refractivity contribution >= 4 is 0 Å². The van der Waals surface area contributed by atoms with Crippen LogP contribution in [0.3, 0.4) is 0 Å². The van der Waals surface area contributed by atoms with Crippen LogP contribution in [0.25, 0.3) is 0 Å². The predicted molar refractivity (Wildman–Crippen MR) is 48.2 cm³/mol. The summed E-state index contributed by atoms with van der Waals surface area (Å²) >= 11 is 0. The molecule has 1 rings (SSSR count). The minimum atomic E-state index is 0.662. The third-order valence-corrected chi connectivity index (χ3v) is 1.59. The van der Waals surface area contributed by atoms with Crippen LogP contribution in [0, 0.1) is 0 Å². The van der Waals surface area contributed by atoms with Gasteiger partial charge in [-0.25, -0.2) is 4.98 Å². The van der Waals surface area contributed by atoms with Crippen molar-refractivity contribution in [2.75, 3.05) is 13.7 Å². The van der Waals surface area contributed by atoms with Gasteiger partial charge in [0, 0.05) is 18.8 Å². The monoisotopic (exact) mass is 166 g/mol. The fraction of sp³-hybridized carbons (Fsp3) is 0.444. The van der Waals surface area contributed by atoms with E-state index in [1.54, 1.807) is 7.11 Å². The molecule has 1 heterocycles. The van der Waals surface area contributed by atoms with Gasteiger partial charge in [-0.1, -0.05) is 13.0 Å². The second-order valence-corrected chi connectivity index (χ2v) is 2.49. The van der Waals surface area contributed by atoms with E-state index >= 15 is 0 Å². The lowest BCUT2D eigenvalue weighted by atomic mass is 10.3. The van der Waals surface area contributed by atoms with Crippen molar-refractivity contribution in [3.63, 3.8) is 0 Å². The minimum absolute atomic E-state index is 0.662. The van der Waals surface area contributed by atoms with E-state index < -0.39 is 0 Å². The number of nitrogens with zero attached hydrogens (tertiary/aromatic N) is 1. The van der Waals surface area contributed by atoms with Crippen molar-refractivity contribution in [2.45, 2.75) is 13.5 Å². The molecule has 0 aliphatic heterocycles. The Labute approximate surface area is 72.8 Å². The highest BCUT2D eigenvalue weighted by Gasteiger charge is 1.93. The Bertz CT molecular complexity index is 220. The van der Waals surface area contributed by atoms with E-state index in [-0.39, 0.29) is 0 Å². The summed E-state index contributed by atoms with van der Waals surface area (Å²) in [7, 11) is 1.62. The van der Waals surface area contributed by atoms with Gasteiger partial charge in [0.25, 0.3) is 0 Å². The van der Waals surface area contributed by atoms with Crippen LogP contribution in [0.15, 0.2) is 18.3 Å². The average molecular weight is 166 g/mol. The molecule has 0 saturated carbocycles. The highest BCUT2D eigenvalue weighted by molar-refractivity contribution is 5.17. The molecule has 0 atom stereocenters. The zero-order valence-corrected chi connectivity index (χ0v) is 7.50. The van der Waals surface area contributed by atoms with E-state index in [2.05, 4.69) is 17.2 Å². The van der Waals surface area contributed by atoms with Gasteiger partial charge in [0.05, 0.1) is 7.11 Å². The van der Waals surface area contributed by atoms with Gasteiger partial charge >= 0.3 is 0 Å². The first-order valence-corrected chi connectivity index (χ1v) is 4.06. The van der Waals surface area contributed by atoms with Gasteiger partial charge in [0.2, 0.25) is 5.88 Å². The normalized spacial score (nSPS) is 9.83. The lowest BCUT2D eigenvalue weighted by molar-refractivity contribution is 0.397. The molecule has 0 unspecified atom stereocenters. The molecule has 0 amide bonds. The molecule has 0 saturated heterocycles. The molecule has 1 aromatic heterocycles. The Kier molecular flexibility index (Phi) is 3.54. The van der Waals surface area contributed by atoms with Gasteiger partial charge < -0.3 is 10.1 Å². The van der Waals surface area contributed by atoms with Crippen LogP contribution in [0.2, 0.25) is 0 Å². The second-order valence-electron chi connectivity index (χ2n) is 2.49. The first kappa shape index (κ1) is 9.00. The number of nitrogens with one attached hydrogen (secondary N) is 1. The Morgan fingerprint density at radius 2 is 2.33 bits per heavy atom. The van der Waals surface area contributed by atoms with Crippen molar-refractivity contribution in [1.29, 1.82) is 0 Å². The molecule has 0 bridgehead atoms. The molecular weight excluding hydrogens is 152 g/mol. The van der Waals surface area contributed by atoms with Crippen LogP contribution in [0.5, 0.6) is 5.88 Å². The fourth-order valence-corrected chi connectivity index (χ4v) is 0.906. The number of rotatable bonds is 4. The number of aromatic nitrogens is 1. The maximum atomic E-state index is 4.94. The molecular formula is C9H14N2O. The van der Waals surface area contributed by atoms with Crippen LogP contribution < -0.4 is 10.1 Å². The first-order chi connectivity index (χ1) is 5.86. The Hall–Kier alpha value is -1.09. The number of methoxy groups -OCH3 is 1. The molecule has 3 nitrogen and oxygen atoms in total. The zero-order chi connectivity index (χ0) is 8.81. The minimum Gasteiger partial charge on any atom is -0.481 e. The largest absolute Gasteiger partial charge is 0.481 e. The number of hydrogen-bond donors (Lipinski definition) is 1. The maximum absolute atomic E-state index is 4.94. The molecule has 0 aliphatic carbocycles. The molecule has 12 heavy (non-hydrogen) atoms. The summed E-state index contributed by atoms with van der Waals surface area (Å²) in [4.78, 5) is 4.09. The van der Waals surface area contributed by atoms with Gasteiger partial charge in [-0.15, -0.1) is 0 Å². The Morgan fingerprint density at radius 3 is 2.83 bits per heavy atom. The van der Waals surface area contributed by atoms with Crippen LogP contribution >= 0.6 is 0 Å². The molecule has 1 aromatic rings. The highest BCUT2D eigenvalue weighted by atomic mass is 16.5. The summed E-state index contributed by atoms with van der Waals surface area (Å²) in [6.45, 7) is 3.93. The van der Waals surface area contributed by atoms with Crippen molar-refractivity contribution in [3.8, 4) is 5.88 Å². The van der Waals surface area contributed by atoms with E-state index in [1.165, 1.54) is 5.56 Å². The first-order valence-electron chi connectivity index (χ1n) is 4.06. The van der Waals surface area contributed by atoms with Gasteiger partial charge in [0.15, 0.2) is 0 Å². The van der Waals surface area contributed by atoms with Crippen LogP contribution in [0.4, 0.5) is 0 Å². The second kappa shape index (κ2) is 4.72. The van der Waals surface area contributed by atoms with E-state index in [4.69, 9.17) is 4.74 Å². The lowest BCUT2D eigenvalue weighted by Crippen LogP contribution is -2.11. The van der Waals surface area contributed by atoms with E-state index in [0.717, 1.165) is 13.1 Å². The maximum Gasteiger partial charge on any atom is 0.212 e. The summed E-state index contributed by atoms with van der Waals surface area (Å²) in [6.07, 6.45) is 1.82. The summed E-state index contributed by atoms with van der Waals surface area (Å²) in [5.41, 5.74) is 1.18. The van der Waals surface area contributed by atoms with E-state index in [1.807, 2.05) is 18.3 Å². The Morgan fingerprint density at radius 1 is 1.50 bits per heavy atom. The summed E-state index contributed by atoms with van der Waals surface area (Å²) in [6, 6.07) is 3.88. The molecule has 0 aliphatic rings. The van der Waals surface area contributed by atoms with Crippen molar-refractivity contribution in [1.82, 2.24) is 10.3 Å². The van der Waals surface area contributed by atoms with Gasteiger partial charge in [-0.3, -0.25) is 0 Å². The van der Waals surface area contributed by atoms with Crippen LogP contribution in [0.1, 0.15) is 12.5 Å². The van der Waals surface area contributed by atoms with Crippen molar-refractivity contribution in [3.05, 3.63) is 23.9 Å². The topological polar surface area (TPSA) is 34.1 Å². The van der Waals surface area contributed by atoms with Crippen molar-refractivity contribution in [2.24, 2.45) is 0 Å². The lowest BCUT2D eigenvalue weighted by Gasteiger charge is -2.02. The molecule has 0 aromatic carbocycles. The van der Waals surface area contributed by atoms with Crippen LogP contribution in [-0.4, -0.2) is 18.6 Å². The van der Waals surface area contributed by atoms with E-state index in [9.17, 15) is 0 Å². The number of hydrogen-bond acceptors (Lipinski definition) is 3. The zero-order valence-electron chi connectivity index (χ0n) is 7.50. The quantitative estimate of drug-likeness (QED) is 0.729. The number of pyridine rings is 1. The summed E-state index contributed by atoms with van der Waals surface area (Å²) < 4.78 is 4.94. The van der Waals surface area contributed by atoms with Crippen molar-refractivity contribution < 1.29 is 4.74 Å². The SMILES string of the molecule is CCNCc1ccc(OC)nc1. The molecule has 3 heteroatoms. The average Bonchev–Trinajstić information content (AvgIpc) is 2.15. The standard InChI is InChI=1S/C9H14N2O/c1-3-10-6-8-4-5-9(12-2)11-7-8/h4-5,7,10H,3,6H2,1-2H3. The summed E-state index contributed by atoms with van der Waals surface area (Å²) in [5.74, 6) is 0.662. The highest BCUT2D eigenvalue weighted by Crippen LogP contribution is 2.05. The van der Waals surface area contributed by atoms with Crippen LogP contribution in [-0.2, 0) is 6.54 Å². The molecule has 1 N–H and O–H groups in total. The molecule has 0 spiro atoms. The van der Waals surface area contributed by atoms with E-state index in [0.29, 0.717) is 5.88 Å². The molecule has 66 valence electrons. The summed E-state index contributed by atoms with van der Waals surface area (Å²) in [5, 5.41) is 3.22. The van der Waals surface area contributed by atoms with Gasteiger partial charge in [-0.2, -0.15) is 0 Å². The fourth-order valence-electron chi connectivity index (χ4n) is 0.906. The van der Waals surface area contributed by atoms with Gasteiger partial charge in [-0.05, 0) is 12.1 Å². The predicted octanol–water partition coefficient (Wildman–Crippen LogP) is 1.20. The smallest absolute Gasteiger partial charge is 0.212 e. The third kappa shape index (κ3) is 2.51. The molecule has 0 radical (unpaired) electrons. The third-order valence-electron chi connectivity index (χ3n) is 1.59. The number of ether oxygens (including phenoxy) is 1. The van der Waals surface area contributed by atoms with Gasteiger partial charge in [0.1, 0.15) is 0 Å². The molecule has 0 fully saturated rings. The Balaban J connectivity index is 2.53.